The Morgan fingerprint density at radius 2 is 0.833 bits per heavy atom. The van der Waals surface area contributed by atoms with Gasteiger partial charge in [-0.2, -0.15) is 0 Å². The summed E-state index contributed by atoms with van der Waals surface area (Å²) in [7, 11) is 0. The zero-order valence-electron chi connectivity index (χ0n) is 26.4. The fraction of sp³-hybridized carbons (Fsp3) is 0.0976. The van der Waals surface area contributed by atoms with Crippen LogP contribution in [0.5, 0.6) is 0 Å². The highest BCUT2D eigenvalue weighted by atomic mass is 16.6. The SMILES string of the molecule is Nc1ccc(-c2c(-c3ccccc3)c(CCO)c(N)c(-c3ccccc3)c2-c2ccccc2)c(-c2ccccc2)c1CCO.O=C(O)O. The summed E-state index contributed by atoms with van der Waals surface area (Å²) in [6.07, 6.45) is -1.04. The normalized spacial score (nSPS) is 10.6. The molecule has 0 unspecified atom stereocenters. The Balaban J connectivity index is 0.00000107. The van der Waals surface area contributed by atoms with Gasteiger partial charge in [0.25, 0.3) is 0 Å². The lowest BCUT2D eigenvalue weighted by molar-refractivity contribution is 0.137. The van der Waals surface area contributed by atoms with E-state index in [9.17, 15) is 10.2 Å². The highest BCUT2D eigenvalue weighted by molar-refractivity contribution is 6.10. The molecule has 0 spiro atoms. The number of nitrogen functional groups attached to an aromatic ring is 2. The Hall–Kier alpha value is -5.89. The lowest BCUT2D eigenvalue weighted by Gasteiger charge is -2.28. The first kappa shape index (κ1) is 33.5. The molecule has 7 nitrogen and oxygen atoms in total. The third kappa shape index (κ3) is 7.08. The van der Waals surface area contributed by atoms with Crippen LogP contribution in [-0.2, 0) is 12.8 Å². The van der Waals surface area contributed by atoms with Crippen molar-refractivity contribution < 1.29 is 25.2 Å². The first-order valence-corrected chi connectivity index (χ1v) is 15.6. The molecule has 0 heterocycles. The van der Waals surface area contributed by atoms with Crippen molar-refractivity contribution in [3.8, 4) is 55.6 Å². The zero-order chi connectivity index (χ0) is 34.0. The topological polar surface area (TPSA) is 150 Å². The van der Waals surface area contributed by atoms with Crippen molar-refractivity contribution in [1.82, 2.24) is 0 Å². The molecule has 0 aliphatic rings. The van der Waals surface area contributed by atoms with Crippen molar-refractivity contribution in [2.24, 2.45) is 0 Å². The molecule has 0 saturated carbocycles. The van der Waals surface area contributed by atoms with Crippen molar-refractivity contribution in [2.75, 3.05) is 24.7 Å². The standard InChI is InChI=1S/C40H36N2O2.CH2O3/c41-34-22-21-32(35(31(34)23-25-43)27-13-5-1-6-14-27)39-36(28-15-7-2-8-16-28)33(24-26-44)40(42)38(30-19-11-4-12-20-30)37(39)29-17-9-3-10-18-29;2-1(3)4/h1-22,43-44H,23-26,41-42H2;(H2,2,3,4). The Bertz CT molecular complexity index is 1980. The average Bonchev–Trinajstić information content (AvgIpc) is 3.11. The summed E-state index contributed by atoms with van der Waals surface area (Å²) in [5, 5.41) is 34.5. The van der Waals surface area contributed by atoms with Crippen LogP contribution in [-0.4, -0.2) is 39.8 Å². The summed E-state index contributed by atoms with van der Waals surface area (Å²) in [4.78, 5) is 8.56. The fourth-order valence-corrected chi connectivity index (χ4v) is 6.37. The number of aliphatic hydroxyl groups excluding tert-OH is 2. The zero-order valence-corrected chi connectivity index (χ0v) is 26.4. The molecule has 242 valence electrons. The van der Waals surface area contributed by atoms with Crippen LogP contribution < -0.4 is 11.5 Å². The maximum Gasteiger partial charge on any atom is 0.503 e. The summed E-state index contributed by atoms with van der Waals surface area (Å²) < 4.78 is 0. The molecule has 0 amide bonds. The minimum Gasteiger partial charge on any atom is -0.450 e. The second kappa shape index (κ2) is 15.6. The van der Waals surface area contributed by atoms with Crippen molar-refractivity contribution in [2.45, 2.75) is 12.8 Å². The predicted molar refractivity (Wildman–Crippen MR) is 195 cm³/mol. The Kier molecular flexibility index (Phi) is 10.9. The van der Waals surface area contributed by atoms with Gasteiger partial charge in [0, 0.05) is 35.7 Å². The van der Waals surface area contributed by atoms with Crippen LogP contribution in [0.2, 0.25) is 0 Å². The number of aliphatic hydroxyl groups is 2. The van der Waals surface area contributed by atoms with E-state index in [1.54, 1.807) is 0 Å². The monoisotopic (exact) mass is 638 g/mol. The molecule has 0 fully saturated rings. The van der Waals surface area contributed by atoms with Gasteiger partial charge in [-0.25, -0.2) is 4.79 Å². The quantitative estimate of drug-likeness (QED) is 0.0870. The van der Waals surface area contributed by atoms with E-state index in [4.69, 9.17) is 26.5 Å². The van der Waals surface area contributed by atoms with E-state index in [-0.39, 0.29) is 13.2 Å². The maximum atomic E-state index is 10.4. The number of carbonyl (C=O) groups is 1. The number of hydrogen-bond donors (Lipinski definition) is 6. The molecule has 0 saturated heterocycles. The first-order valence-electron chi connectivity index (χ1n) is 15.6. The van der Waals surface area contributed by atoms with Crippen LogP contribution in [0.25, 0.3) is 55.6 Å². The van der Waals surface area contributed by atoms with Crippen molar-refractivity contribution >= 4 is 17.5 Å². The molecule has 0 bridgehead atoms. The third-order valence-electron chi connectivity index (χ3n) is 8.24. The van der Waals surface area contributed by atoms with E-state index in [2.05, 4.69) is 54.6 Å². The summed E-state index contributed by atoms with van der Waals surface area (Å²) in [5.74, 6) is 0. The summed E-state index contributed by atoms with van der Waals surface area (Å²) in [6.45, 7) is -0.0806. The van der Waals surface area contributed by atoms with Gasteiger partial charge in [0.05, 0.1) is 0 Å². The predicted octanol–water partition coefficient (Wildman–Crippen LogP) is 8.48. The van der Waals surface area contributed by atoms with Crippen LogP contribution in [0.3, 0.4) is 0 Å². The highest BCUT2D eigenvalue weighted by Crippen LogP contribution is 2.53. The number of nitrogens with two attached hydrogens (primary N) is 2. The molecule has 48 heavy (non-hydrogen) atoms. The molecule has 7 heteroatoms. The smallest absolute Gasteiger partial charge is 0.450 e. The van der Waals surface area contributed by atoms with Crippen LogP contribution in [0.4, 0.5) is 16.2 Å². The van der Waals surface area contributed by atoms with Gasteiger partial charge < -0.3 is 31.9 Å². The van der Waals surface area contributed by atoms with Gasteiger partial charge >= 0.3 is 6.16 Å². The molecule has 0 atom stereocenters. The summed E-state index contributed by atoms with van der Waals surface area (Å²) in [6, 6.07) is 45.1. The Morgan fingerprint density at radius 3 is 1.27 bits per heavy atom. The second-order valence-electron chi connectivity index (χ2n) is 11.1. The van der Waals surface area contributed by atoms with Crippen LogP contribution in [0, 0.1) is 0 Å². The molecule has 0 aliphatic heterocycles. The van der Waals surface area contributed by atoms with Gasteiger partial charge in [0.2, 0.25) is 0 Å². The van der Waals surface area contributed by atoms with Gasteiger partial charge in [-0.05, 0) is 74.5 Å². The molecule has 6 rings (SSSR count). The van der Waals surface area contributed by atoms with Crippen LogP contribution in [0.1, 0.15) is 11.1 Å². The van der Waals surface area contributed by atoms with Crippen molar-refractivity contribution in [3.63, 3.8) is 0 Å². The average molecular weight is 639 g/mol. The van der Waals surface area contributed by atoms with E-state index in [0.29, 0.717) is 24.2 Å². The van der Waals surface area contributed by atoms with E-state index in [1.807, 2.05) is 78.9 Å². The fourth-order valence-electron chi connectivity index (χ4n) is 6.37. The van der Waals surface area contributed by atoms with E-state index < -0.39 is 6.16 Å². The van der Waals surface area contributed by atoms with E-state index >= 15 is 0 Å². The molecule has 0 radical (unpaired) electrons. The third-order valence-corrected chi connectivity index (χ3v) is 8.24. The molecular weight excluding hydrogens is 600 g/mol. The molecule has 0 aromatic heterocycles. The summed E-state index contributed by atoms with van der Waals surface area (Å²) in [5.41, 5.74) is 26.9. The maximum absolute atomic E-state index is 10.4. The van der Waals surface area contributed by atoms with Gasteiger partial charge in [-0.3, -0.25) is 0 Å². The molecular formula is C41H38N2O5. The Morgan fingerprint density at radius 1 is 0.458 bits per heavy atom. The number of rotatable bonds is 9. The molecule has 6 aromatic carbocycles. The van der Waals surface area contributed by atoms with E-state index in [1.165, 1.54) is 0 Å². The van der Waals surface area contributed by atoms with Gasteiger partial charge in [0.15, 0.2) is 0 Å². The molecule has 0 aliphatic carbocycles. The molecule has 6 aromatic rings. The minimum absolute atomic E-state index is 0.0304. The van der Waals surface area contributed by atoms with E-state index in [0.717, 1.165) is 66.8 Å². The number of hydrogen-bond acceptors (Lipinski definition) is 5. The molecule has 8 N–H and O–H groups in total. The number of anilines is 2. The van der Waals surface area contributed by atoms with Crippen LogP contribution in [0.15, 0.2) is 133 Å². The van der Waals surface area contributed by atoms with Crippen molar-refractivity contribution in [1.29, 1.82) is 0 Å². The van der Waals surface area contributed by atoms with Crippen LogP contribution >= 0.6 is 0 Å². The largest absolute Gasteiger partial charge is 0.503 e. The lowest BCUT2D eigenvalue weighted by Crippen LogP contribution is -2.09. The van der Waals surface area contributed by atoms with Gasteiger partial charge in [-0.15, -0.1) is 0 Å². The number of benzene rings is 6. The van der Waals surface area contributed by atoms with Gasteiger partial charge in [0.1, 0.15) is 0 Å². The van der Waals surface area contributed by atoms with Crippen molar-refractivity contribution in [3.05, 3.63) is 145 Å². The minimum atomic E-state index is -1.83. The van der Waals surface area contributed by atoms with Gasteiger partial charge in [-0.1, -0.05) is 127 Å². The number of carboxylic acid groups (broad SMARTS) is 2. The Labute approximate surface area is 280 Å². The lowest BCUT2D eigenvalue weighted by atomic mass is 9.76. The first-order chi connectivity index (χ1) is 23.4. The second-order valence-corrected chi connectivity index (χ2v) is 11.1. The summed E-state index contributed by atoms with van der Waals surface area (Å²) >= 11 is 0. The highest BCUT2D eigenvalue weighted by Gasteiger charge is 2.28.